The van der Waals surface area contributed by atoms with Crippen molar-refractivity contribution < 1.29 is 18.9 Å². The van der Waals surface area contributed by atoms with Crippen molar-refractivity contribution in [3.63, 3.8) is 0 Å². The van der Waals surface area contributed by atoms with E-state index >= 15 is 0 Å². The molecule has 3 heterocycles. The number of imidazole rings is 1. The summed E-state index contributed by atoms with van der Waals surface area (Å²) in [7, 11) is -2.27. The summed E-state index contributed by atoms with van der Waals surface area (Å²) >= 11 is 0. The molecule has 2 aromatic heterocycles. The summed E-state index contributed by atoms with van der Waals surface area (Å²) in [6, 6.07) is 15.3. The third-order valence-corrected chi connectivity index (χ3v) is 11.8. The van der Waals surface area contributed by atoms with Gasteiger partial charge in [-0.15, -0.1) is 0 Å². The van der Waals surface area contributed by atoms with Gasteiger partial charge in [0.2, 0.25) is 0 Å². The fraction of sp³-hybridized carbons (Fsp3) is 0.543. The molecule has 5 rings (SSSR count). The molecule has 1 aliphatic rings. The smallest absolute Gasteiger partial charge is 0.189 e. The fourth-order valence-electron chi connectivity index (χ4n) is 5.56. The van der Waals surface area contributed by atoms with Gasteiger partial charge in [-0.25, -0.2) is 9.67 Å². The lowest BCUT2D eigenvalue weighted by atomic mass is 9.96. The molecular formula is C35H52N4O4Si2. The zero-order chi connectivity index (χ0) is 32.0. The largest absolute Gasteiger partial charge is 0.468 e. The maximum atomic E-state index is 6.25. The Bertz CT molecular complexity index is 1550. The Balaban J connectivity index is 1.42. The van der Waals surface area contributed by atoms with E-state index in [0.717, 1.165) is 91.3 Å². The van der Waals surface area contributed by atoms with Crippen molar-refractivity contribution in [2.75, 3.05) is 26.6 Å². The molecular weight excluding hydrogens is 597 g/mol. The topological polar surface area (TPSA) is 72.6 Å². The molecule has 0 radical (unpaired) electrons. The van der Waals surface area contributed by atoms with Crippen LogP contribution in [0.2, 0.25) is 51.4 Å². The summed E-state index contributed by atoms with van der Waals surface area (Å²) in [5.41, 5.74) is 5.50. The van der Waals surface area contributed by atoms with Gasteiger partial charge in [0.1, 0.15) is 18.2 Å². The molecule has 0 N–H and O–H groups in total. The highest BCUT2D eigenvalue weighted by molar-refractivity contribution is 6.76. The molecule has 2 aromatic carbocycles. The average molecular weight is 649 g/mol. The second-order valence-electron chi connectivity index (χ2n) is 14.6. The van der Waals surface area contributed by atoms with Gasteiger partial charge in [-0.05, 0) is 78.7 Å². The van der Waals surface area contributed by atoms with Crippen molar-refractivity contribution in [2.24, 2.45) is 0 Å². The Morgan fingerprint density at radius 1 is 0.933 bits per heavy atom. The van der Waals surface area contributed by atoms with E-state index in [1.807, 2.05) is 18.5 Å². The molecule has 0 spiro atoms. The monoisotopic (exact) mass is 648 g/mol. The van der Waals surface area contributed by atoms with Crippen LogP contribution in [0.5, 0.6) is 5.75 Å². The highest BCUT2D eigenvalue weighted by atomic mass is 28.3. The second kappa shape index (κ2) is 14.8. The minimum atomic E-state index is -1.16. The highest BCUT2D eigenvalue weighted by Gasteiger charge is 2.24. The normalized spacial score (nSPS) is 16.0. The first-order valence-electron chi connectivity index (χ1n) is 16.6. The summed E-state index contributed by atoms with van der Waals surface area (Å²) in [5.74, 6) is 1.66. The van der Waals surface area contributed by atoms with Gasteiger partial charge >= 0.3 is 0 Å². The Morgan fingerprint density at radius 2 is 1.71 bits per heavy atom. The minimum absolute atomic E-state index is 0.0935. The zero-order valence-corrected chi connectivity index (χ0v) is 30.4. The van der Waals surface area contributed by atoms with Crippen LogP contribution in [-0.4, -0.2) is 62.1 Å². The van der Waals surface area contributed by atoms with E-state index in [1.54, 1.807) is 0 Å². The third kappa shape index (κ3) is 8.95. The SMILES string of the molecule is CCc1cc(OCOCC[Si](C)(C)C)ccc1-c1ccc2c(-c3nccn3COCC[Si](C)(C)C)nn(C3CCCCO3)c2c1. The van der Waals surface area contributed by atoms with Gasteiger partial charge in [0.15, 0.2) is 18.8 Å². The fourth-order valence-corrected chi connectivity index (χ4v) is 7.07. The number of hydrogen-bond donors (Lipinski definition) is 0. The Labute approximate surface area is 271 Å². The number of benzene rings is 2. The van der Waals surface area contributed by atoms with E-state index in [2.05, 4.69) is 85.8 Å². The first-order chi connectivity index (χ1) is 21.5. The lowest BCUT2D eigenvalue weighted by Crippen LogP contribution is -2.22. The number of rotatable bonds is 15. The van der Waals surface area contributed by atoms with Gasteiger partial charge in [0.05, 0.1) is 5.52 Å². The average Bonchev–Trinajstić information content (AvgIpc) is 3.62. The van der Waals surface area contributed by atoms with Crippen LogP contribution in [0, 0.1) is 0 Å². The number of ether oxygens (including phenoxy) is 4. The van der Waals surface area contributed by atoms with Crippen molar-refractivity contribution >= 4 is 27.1 Å². The summed E-state index contributed by atoms with van der Waals surface area (Å²) < 4.78 is 28.2. The van der Waals surface area contributed by atoms with Crippen molar-refractivity contribution in [3.8, 4) is 28.4 Å². The molecule has 0 saturated carbocycles. The number of hydrogen-bond acceptors (Lipinski definition) is 6. The molecule has 1 fully saturated rings. The van der Waals surface area contributed by atoms with Crippen molar-refractivity contribution in [1.29, 1.82) is 0 Å². The molecule has 1 aliphatic heterocycles. The first kappa shape index (κ1) is 33.6. The molecule has 8 nitrogen and oxygen atoms in total. The first-order valence-corrected chi connectivity index (χ1v) is 24.0. The molecule has 1 saturated heterocycles. The van der Waals surface area contributed by atoms with Crippen LogP contribution in [0.25, 0.3) is 33.5 Å². The van der Waals surface area contributed by atoms with Gasteiger partial charge in [-0.3, -0.25) is 0 Å². The van der Waals surface area contributed by atoms with E-state index in [4.69, 9.17) is 29.0 Å². The predicted molar refractivity (Wildman–Crippen MR) is 188 cm³/mol. The van der Waals surface area contributed by atoms with Gasteiger partial charge in [-0.1, -0.05) is 58.3 Å². The van der Waals surface area contributed by atoms with Gasteiger partial charge < -0.3 is 23.5 Å². The van der Waals surface area contributed by atoms with Crippen LogP contribution in [0.15, 0.2) is 48.8 Å². The van der Waals surface area contributed by atoms with Crippen LogP contribution in [-0.2, 0) is 27.4 Å². The minimum Gasteiger partial charge on any atom is -0.468 e. The number of fused-ring (bicyclic) bond motifs is 1. The third-order valence-electron chi connectivity index (χ3n) is 8.36. The Kier molecular flexibility index (Phi) is 11.0. The quantitative estimate of drug-likeness (QED) is 0.0729. The number of aromatic nitrogens is 4. The van der Waals surface area contributed by atoms with E-state index in [9.17, 15) is 0 Å². The standard InChI is InChI=1S/C35H52N4O4Si2/c1-8-27-23-29(43-26-41-20-22-45(5,6)7)13-15-30(27)28-12-14-31-32(24-28)39(33-11-9-10-18-42-33)37-34(31)35-36-16-17-38(35)25-40-19-21-44(2,3)4/h12-17,23-24,33H,8-11,18-22,25-26H2,1-7H3. The van der Waals surface area contributed by atoms with Crippen molar-refractivity contribution in [3.05, 3.63) is 54.4 Å². The molecule has 45 heavy (non-hydrogen) atoms. The summed E-state index contributed by atoms with van der Waals surface area (Å²) in [5, 5.41) is 6.23. The van der Waals surface area contributed by atoms with Gasteiger partial charge in [0, 0.05) is 53.7 Å². The summed E-state index contributed by atoms with van der Waals surface area (Å²) in [6.07, 6.45) is 7.78. The molecule has 1 atom stereocenters. The molecule has 1 unspecified atom stereocenters. The van der Waals surface area contributed by atoms with Crippen LogP contribution in [0.4, 0.5) is 0 Å². The molecule has 0 aliphatic carbocycles. The summed E-state index contributed by atoms with van der Waals surface area (Å²) in [4.78, 5) is 4.74. The molecule has 4 aromatic rings. The Morgan fingerprint density at radius 3 is 2.42 bits per heavy atom. The lowest BCUT2D eigenvalue weighted by Gasteiger charge is -2.23. The Hall–Kier alpha value is -2.77. The molecule has 10 heteroatoms. The van der Waals surface area contributed by atoms with Crippen LogP contribution >= 0.6 is 0 Å². The van der Waals surface area contributed by atoms with E-state index in [1.165, 1.54) is 11.1 Å². The maximum absolute atomic E-state index is 6.25. The molecule has 244 valence electrons. The molecule has 0 bridgehead atoms. The molecule has 0 amide bonds. The predicted octanol–water partition coefficient (Wildman–Crippen LogP) is 8.83. The highest BCUT2D eigenvalue weighted by Crippen LogP contribution is 2.36. The zero-order valence-electron chi connectivity index (χ0n) is 28.4. The maximum Gasteiger partial charge on any atom is 0.189 e. The van der Waals surface area contributed by atoms with E-state index < -0.39 is 16.1 Å². The van der Waals surface area contributed by atoms with Crippen LogP contribution in [0.1, 0.15) is 38.0 Å². The number of aryl methyl sites for hydroxylation is 1. The number of nitrogens with zero attached hydrogens (tertiary/aromatic N) is 4. The lowest BCUT2D eigenvalue weighted by molar-refractivity contribution is -0.0365. The van der Waals surface area contributed by atoms with Gasteiger partial charge in [-0.2, -0.15) is 5.10 Å². The van der Waals surface area contributed by atoms with Gasteiger partial charge in [0.25, 0.3) is 0 Å². The van der Waals surface area contributed by atoms with Crippen LogP contribution in [0.3, 0.4) is 0 Å². The van der Waals surface area contributed by atoms with Crippen LogP contribution < -0.4 is 4.74 Å². The van der Waals surface area contributed by atoms with Crippen molar-refractivity contribution in [1.82, 2.24) is 19.3 Å². The second-order valence-corrected chi connectivity index (χ2v) is 25.8. The summed E-state index contributed by atoms with van der Waals surface area (Å²) in [6.45, 7) is 19.4. The van der Waals surface area contributed by atoms with E-state index in [0.29, 0.717) is 6.73 Å². The van der Waals surface area contributed by atoms with E-state index in [-0.39, 0.29) is 13.0 Å². The van der Waals surface area contributed by atoms with Crippen molar-refractivity contribution in [2.45, 2.75) is 96.9 Å².